The first-order valence-corrected chi connectivity index (χ1v) is 7.42. The summed E-state index contributed by atoms with van der Waals surface area (Å²) < 4.78 is 5.25. The maximum atomic E-state index is 8.71. The van der Waals surface area contributed by atoms with Gasteiger partial charge in [0.2, 0.25) is 0 Å². The zero-order valence-electron chi connectivity index (χ0n) is 11.6. The van der Waals surface area contributed by atoms with E-state index in [1.54, 1.807) is 13.2 Å². The van der Waals surface area contributed by atoms with E-state index < -0.39 is 0 Å². The van der Waals surface area contributed by atoms with E-state index in [0.29, 0.717) is 11.3 Å². The summed E-state index contributed by atoms with van der Waals surface area (Å²) in [6.45, 7) is 5.37. The highest BCUT2D eigenvalue weighted by atomic mass is 32.2. The summed E-state index contributed by atoms with van der Waals surface area (Å²) in [4.78, 5) is 0. The van der Waals surface area contributed by atoms with Gasteiger partial charge in [0.15, 0.2) is 5.84 Å². The van der Waals surface area contributed by atoms with Crippen LogP contribution in [0.2, 0.25) is 0 Å². The summed E-state index contributed by atoms with van der Waals surface area (Å²) in [5.74, 6) is 2.66. The lowest BCUT2D eigenvalue weighted by molar-refractivity contribution is 0.318. The highest BCUT2D eigenvalue weighted by Crippen LogP contribution is 2.20. The van der Waals surface area contributed by atoms with Crippen LogP contribution in [0.4, 0.5) is 0 Å². The van der Waals surface area contributed by atoms with Gasteiger partial charge in [0.05, 0.1) is 12.7 Å². The highest BCUT2D eigenvalue weighted by molar-refractivity contribution is 7.99. The van der Waals surface area contributed by atoms with Gasteiger partial charge in [-0.05, 0) is 17.7 Å². The molecule has 0 heterocycles. The normalized spacial score (nSPS) is 11.3. The van der Waals surface area contributed by atoms with Crippen molar-refractivity contribution in [2.24, 2.45) is 10.9 Å². The van der Waals surface area contributed by atoms with E-state index in [4.69, 9.17) is 15.7 Å². The Labute approximate surface area is 123 Å². The molecule has 6 heteroatoms. The van der Waals surface area contributed by atoms with E-state index in [1.807, 2.05) is 30.0 Å². The standard InChI is InChI=1S/C14H21N3O2S/c1-3-7-20-8-6-16-10-11-4-5-12(14(15)17-18)13(9-11)19-2/h3-5,9,16,18H,1,6-8,10H2,2H3,(H2,15,17). The molecular formula is C14H21N3O2S. The average molecular weight is 295 g/mol. The van der Waals surface area contributed by atoms with E-state index in [-0.39, 0.29) is 5.84 Å². The second-order valence-corrected chi connectivity index (χ2v) is 5.21. The first-order chi connectivity index (χ1) is 9.72. The molecule has 0 saturated heterocycles. The summed E-state index contributed by atoms with van der Waals surface area (Å²) in [5.41, 5.74) is 7.25. The van der Waals surface area contributed by atoms with Gasteiger partial charge in [-0.1, -0.05) is 17.3 Å². The van der Waals surface area contributed by atoms with Gasteiger partial charge in [0.25, 0.3) is 0 Å². The van der Waals surface area contributed by atoms with Crippen molar-refractivity contribution in [1.29, 1.82) is 0 Å². The van der Waals surface area contributed by atoms with Crippen LogP contribution >= 0.6 is 11.8 Å². The van der Waals surface area contributed by atoms with Crippen molar-refractivity contribution in [3.05, 3.63) is 42.0 Å². The van der Waals surface area contributed by atoms with Crippen molar-refractivity contribution < 1.29 is 9.94 Å². The van der Waals surface area contributed by atoms with Crippen molar-refractivity contribution in [2.45, 2.75) is 6.54 Å². The number of ether oxygens (including phenoxy) is 1. The fraction of sp³-hybridized carbons (Fsp3) is 0.357. The molecule has 0 aliphatic rings. The fourth-order valence-corrected chi connectivity index (χ4v) is 2.28. The first kappa shape index (κ1) is 16.4. The van der Waals surface area contributed by atoms with Crippen LogP contribution in [0.1, 0.15) is 11.1 Å². The van der Waals surface area contributed by atoms with Crippen LogP contribution in [0, 0.1) is 0 Å². The summed E-state index contributed by atoms with van der Waals surface area (Å²) in [6, 6.07) is 5.61. The van der Waals surface area contributed by atoms with Crippen LogP contribution in [0.3, 0.4) is 0 Å². The van der Waals surface area contributed by atoms with Gasteiger partial charge in [-0.25, -0.2) is 0 Å². The molecule has 0 aliphatic heterocycles. The maximum absolute atomic E-state index is 8.71. The Bertz CT molecular complexity index is 464. The third-order valence-corrected chi connectivity index (χ3v) is 3.60. The number of rotatable bonds is 9. The van der Waals surface area contributed by atoms with Crippen LogP contribution in [0.15, 0.2) is 36.0 Å². The van der Waals surface area contributed by atoms with Crippen molar-refractivity contribution in [2.75, 3.05) is 25.2 Å². The van der Waals surface area contributed by atoms with Crippen LogP contribution < -0.4 is 15.8 Å². The number of amidine groups is 1. The Hall–Kier alpha value is -1.66. The number of methoxy groups -OCH3 is 1. The number of nitrogens with zero attached hydrogens (tertiary/aromatic N) is 1. The molecule has 1 rings (SSSR count). The molecule has 4 N–H and O–H groups in total. The predicted octanol–water partition coefficient (Wildman–Crippen LogP) is 1.80. The molecule has 0 amide bonds. The van der Waals surface area contributed by atoms with Gasteiger partial charge in [-0.15, -0.1) is 6.58 Å². The molecule has 20 heavy (non-hydrogen) atoms. The van der Waals surface area contributed by atoms with Gasteiger partial charge in [-0.3, -0.25) is 0 Å². The minimum Gasteiger partial charge on any atom is -0.496 e. The summed E-state index contributed by atoms with van der Waals surface area (Å²) in [5, 5.41) is 15.0. The van der Waals surface area contributed by atoms with E-state index in [9.17, 15) is 0 Å². The summed E-state index contributed by atoms with van der Waals surface area (Å²) in [6.07, 6.45) is 1.90. The smallest absolute Gasteiger partial charge is 0.173 e. The Balaban J connectivity index is 2.53. The molecule has 0 aliphatic carbocycles. The number of nitrogens with two attached hydrogens (primary N) is 1. The van der Waals surface area contributed by atoms with Crippen molar-refractivity contribution in [3.63, 3.8) is 0 Å². The SMILES string of the molecule is C=CCSCCNCc1ccc(/C(N)=N/O)c(OC)c1. The summed E-state index contributed by atoms with van der Waals surface area (Å²) >= 11 is 1.84. The second kappa shape index (κ2) is 9.28. The largest absolute Gasteiger partial charge is 0.496 e. The molecular weight excluding hydrogens is 274 g/mol. The number of oxime groups is 1. The third-order valence-electron chi connectivity index (χ3n) is 2.64. The van der Waals surface area contributed by atoms with Crippen molar-refractivity contribution in [3.8, 4) is 5.75 Å². The lowest BCUT2D eigenvalue weighted by Gasteiger charge is -2.10. The number of benzene rings is 1. The minimum absolute atomic E-state index is 0.0437. The zero-order chi connectivity index (χ0) is 14.8. The number of hydrogen-bond donors (Lipinski definition) is 3. The second-order valence-electron chi connectivity index (χ2n) is 4.06. The Morgan fingerprint density at radius 1 is 1.60 bits per heavy atom. The Morgan fingerprint density at radius 2 is 2.40 bits per heavy atom. The molecule has 0 atom stereocenters. The van der Waals surface area contributed by atoms with Gasteiger partial charge in [0, 0.05) is 24.6 Å². The predicted molar refractivity (Wildman–Crippen MR) is 84.7 cm³/mol. The number of nitrogens with one attached hydrogen (secondary N) is 1. The first-order valence-electron chi connectivity index (χ1n) is 6.27. The number of thioether (sulfide) groups is 1. The topological polar surface area (TPSA) is 79.9 Å². The number of hydrogen-bond acceptors (Lipinski definition) is 5. The van der Waals surface area contributed by atoms with E-state index >= 15 is 0 Å². The highest BCUT2D eigenvalue weighted by Gasteiger charge is 2.08. The van der Waals surface area contributed by atoms with Crippen molar-refractivity contribution >= 4 is 17.6 Å². The Morgan fingerprint density at radius 3 is 3.05 bits per heavy atom. The van der Waals surface area contributed by atoms with Crippen LogP contribution in [-0.2, 0) is 6.54 Å². The molecule has 0 saturated carbocycles. The van der Waals surface area contributed by atoms with Crippen LogP contribution in [-0.4, -0.2) is 36.2 Å². The van der Waals surface area contributed by atoms with Gasteiger partial charge in [-0.2, -0.15) is 11.8 Å². The zero-order valence-corrected chi connectivity index (χ0v) is 12.4. The molecule has 0 spiro atoms. The fourth-order valence-electron chi connectivity index (χ4n) is 1.65. The maximum Gasteiger partial charge on any atom is 0.173 e. The van der Waals surface area contributed by atoms with E-state index in [2.05, 4.69) is 17.1 Å². The average Bonchev–Trinajstić information content (AvgIpc) is 2.49. The molecule has 0 bridgehead atoms. The lowest BCUT2D eigenvalue weighted by Crippen LogP contribution is -2.18. The van der Waals surface area contributed by atoms with Gasteiger partial charge >= 0.3 is 0 Å². The monoisotopic (exact) mass is 295 g/mol. The molecule has 0 aromatic heterocycles. The van der Waals surface area contributed by atoms with Crippen LogP contribution in [0.5, 0.6) is 5.75 Å². The molecule has 110 valence electrons. The van der Waals surface area contributed by atoms with Gasteiger partial charge in [0.1, 0.15) is 5.75 Å². The molecule has 1 aromatic carbocycles. The van der Waals surface area contributed by atoms with E-state index in [1.165, 1.54) is 0 Å². The van der Waals surface area contributed by atoms with Crippen LogP contribution in [0.25, 0.3) is 0 Å². The van der Waals surface area contributed by atoms with Gasteiger partial charge < -0.3 is 21.0 Å². The minimum atomic E-state index is 0.0437. The molecule has 0 unspecified atom stereocenters. The third kappa shape index (κ3) is 5.14. The molecule has 0 fully saturated rings. The van der Waals surface area contributed by atoms with E-state index in [0.717, 1.165) is 30.2 Å². The lowest BCUT2D eigenvalue weighted by atomic mass is 10.1. The molecule has 5 nitrogen and oxygen atoms in total. The Kier molecular flexibility index (Phi) is 7.60. The quantitative estimate of drug-likeness (QED) is 0.162. The van der Waals surface area contributed by atoms with Crippen molar-refractivity contribution in [1.82, 2.24) is 5.32 Å². The molecule has 1 aromatic rings. The molecule has 0 radical (unpaired) electrons. The summed E-state index contributed by atoms with van der Waals surface area (Å²) in [7, 11) is 1.56.